The summed E-state index contributed by atoms with van der Waals surface area (Å²) in [6.45, 7) is 5.65. The number of hydrogen-bond donors (Lipinski definition) is 1. The standard InChI is InChI=1S/C20H26N2O5S/c1-2-14-11-19(24)27-20-16(14)3-4-18(23)17(20)12-21-6-8-22(9-7-21)15-5-10-28(25,26)13-15/h3-4,11,15,23H,2,5-10,12-13H2,1H3. The van der Waals surface area contributed by atoms with Gasteiger partial charge in [-0.15, -0.1) is 0 Å². The summed E-state index contributed by atoms with van der Waals surface area (Å²) in [7, 11) is -2.88. The number of phenols is 1. The lowest BCUT2D eigenvalue weighted by molar-refractivity contribution is 0.0996. The van der Waals surface area contributed by atoms with E-state index in [0.29, 0.717) is 23.4 Å². The minimum atomic E-state index is -2.88. The van der Waals surface area contributed by atoms with Gasteiger partial charge >= 0.3 is 5.63 Å². The summed E-state index contributed by atoms with van der Waals surface area (Å²) in [5.74, 6) is 0.691. The summed E-state index contributed by atoms with van der Waals surface area (Å²) in [6, 6.07) is 5.10. The lowest BCUT2D eigenvalue weighted by atomic mass is 10.0. The third-order valence-corrected chi connectivity index (χ3v) is 7.72. The predicted molar refractivity (Wildman–Crippen MR) is 107 cm³/mol. The van der Waals surface area contributed by atoms with Crippen molar-refractivity contribution in [2.45, 2.75) is 32.4 Å². The van der Waals surface area contributed by atoms with Crippen LogP contribution in [-0.4, -0.2) is 67.1 Å². The van der Waals surface area contributed by atoms with E-state index in [-0.39, 0.29) is 17.5 Å². The van der Waals surface area contributed by atoms with Crippen LogP contribution in [0.3, 0.4) is 0 Å². The molecule has 2 aromatic rings. The van der Waals surface area contributed by atoms with E-state index >= 15 is 0 Å². The zero-order chi connectivity index (χ0) is 19.9. The molecule has 152 valence electrons. The largest absolute Gasteiger partial charge is 0.507 e. The number of piperazine rings is 1. The summed E-state index contributed by atoms with van der Waals surface area (Å²) in [4.78, 5) is 16.4. The van der Waals surface area contributed by atoms with Gasteiger partial charge in [0.2, 0.25) is 0 Å². The number of hydrogen-bond acceptors (Lipinski definition) is 7. The zero-order valence-corrected chi connectivity index (χ0v) is 16.9. The van der Waals surface area contributed by atoms with E-state index in [1.807, 2.05) is 6.92 Å². The molecular formula is C20H26N2O5S. The number of phenolic OH excluding ortho intramolecular Hbond substituents is 1. The van der Waals surface area contributed by atoms with Crippen LogP contribution < -0.4 is 5.63 Å². The van der Waals surface area contributed by atoms with Crippen LogP contribution in [-0.2, 0) is 22.8 Å². The van der Waals surface area contributed by atoms with Crippen molar-refractivity contribution in [3.8, 4) is 5.75 Å². The van der Waals surface area contributed by atoms with Gasteiger partial charge in [0.1, 0.15) is 11.3 Å². The van der Waals surface area contributed by atoms with Crippen molar-refractivity contribution in [3.05, 3.63) is 39.7 Å². The molecule has 2 saturated heterocycles. The van der Waals surface area contributed by atoms with Gasteiger partial charge in [0.15, 0.2) is 9.84 Å². The van der Waals surface area contributed by atoms with Gasteiger partial charge < -0.3 is 9.52 Å². The molecule has 1 aromatic heterocycles. The second kappa shape index (κ2) is 7.50. The first-order valence-corrected chi connectivity index (χ1v) is 11.6. The molecular weight excluding hydrogens is 380 g/mol. The van der Waals surface area contributed by atoms with E-state index in [1.165, 1.54) is 6.07 Å². The molecule has 1 aromatic carbocycles. The van der Waals surface area contributed by atoms with Gasteiger partial charge in [0.25, 0.3) is 0 Å². The highest BCUT2D eigenvalue weighted by atomic mass is 32.2. The summed E-state index contributed by atoms with van der Waals surface area (Å²) < 4.78 is 28.9. The molecule has 2 aliphatic rings. The Balaban J connectivity index is 1.51. The van der Waals surface area contributed by atoms with Crippen LogP contribution in [0.5, 0.6) is 5.75 Å². The second-order valence-corrected chi connectivity index (χ2v) is 9.98. The fourth-order valence-electron chi connectivity index (χ4n) is 4.36. The fraction of sp³-hybridized carbons (Fsp3) is 0.550. The average Bonchev–Trinajstić information content (AvgIpc) is 3.04. The van der Waals surface area contributed by atoms with Crippen molar-refractivity contribution >= 4 is 20.8 Å². The first-order valence-electron chi connectivity index (χ1n) is 9.80. The van der Waals surface area contributed by atoms with Crippen molar-refractivity contribution in [1.82, 2.24) is 9.80 Å². The molecule has 0 spiro atoms. The Bertz CT molecular complexity index is 1040. The number of benzene rings is 1. The summed E-state index contributed by atoms with van der Waals surface area (Å²) in [5, 5.41) is 11.3. The Morgan fingerprint density at radius 3 is 2.61 bits per heavy atom. The SMILES string of the molecule is CCc1cc(=O)oc2c(CN3CCN(C4CCS(=O)(=O)C4)CC3)c(O)ccc12. The van der Waals surface area contributed by atoms with Crippen LogP contribution in [0.2, 0.25) is 0 Å². The van der Waals surface area contributed by atoms with Gasteiger partial charge in [0.05, 0.1) is 17.1 Å². The summed E-state index contributed by atoms with van der Waals surface area (Å²) in [5.41, 5.74) is 1.62. The third-order valence-electron chi connectivity index (χ3n) is 5.97. The van der Waals surface area contributed by atoms with Crippen LogP contribution in [0.1, 0.15) is 24.5 Å². The number of fused-ring (bicyclic) bond motifs is 1. The number of nitrogens with zero attached hydrogens (tertiary/aromatic N) is 2. The maximum Gasteiger partial charge on any atom is 0.336 e. The quantitative estimate of drug-likeness (QED) is 0.767. The minimum Gasteiger partial charge on any atom is -0.507 e. The predicted octanol–water partition coefficient (Wildman–Crippen LogP) is 1.37. The molecule has 0 saturated carbocycles. The monoisotopic (exact) mass is 406 g/mol. The Kier molecular flexibility index (Phi) is 5.20. The molecule has 4 rings (SSSR count). The highest BCUT2D eigenvalue weighted by molar-refractivity contribution is 7.91. The third kappa shape index (κ3) is 3.81. The first kappa shape index (κ1) is 19.4. The number of aromatic hydroxyl groups is 1. The normalized spacial score (nSPS) is 23.4. The average molecular weight is 407 g/mol. The molecule has 2 aliphatic heterocycles. The number of aryl methyl sites for hydroxylation is 1. The number of sulfone groups is 1. The molecule has 7 nitrogen and oxygen atoms in total. The van der Waals surface area contributed by atoms with Crippen LogP contribution in [0.25, 0.3) is 11.0 Å². The highest BCUT2D eigenvalue weighted by Crippen LogP contribution is 2.30. The summed E-state index contributed by atoms with van der Waals surface area (Å²) in [6.07, 6.45) is 1.44. The van der Waals surface area contributed by atoms with Crippen molar-refractivity contribution < 1.29 is 17.9 Å². The van der Waals surface area contributed by atoms with Crippen molar-refractivity contribution in [3.63, 3.8) is 0 Å². The lowest BCUT2D eigenvalue weighted by Crippen LogP contribution is -2.50. The minimum absolute atomic E-state index is 0.128. The van der Waals surface area contributed by atoms with Crippen LogP contribution >= 0.6 is 0 Å². The van der Waals surface area contributed by atoms with E-state index in [9.17, 15) is 18.3 Å². The smallest absolute Gasteiger partial charge is 0.336 e. The Morgan fingerprint density at radius 2 is 1.96 bits per heavy atom. The lowest BCUT2D eigenvalue weighted by Gasteiger charge is -2.37. The molecule has 3 heterocycles. The van der Waals surface area contributed by atoms with Gasteiger partial charge in [-0.3, -0.25) is 9.80 Å². The molecule has 1 atom stereocenters. The van der Waals surface area contributed by atoms with Crippen molar-refractivity contribution in [2.24, 2.45) is 0 Å². The molecule has 28 heavy (non-hydrogen) atoms. The fourth-order valence-corrected chi connectivity index (χ4v) is 6.12. The second-order valence-electron chi connectivity index (χ2n) is 7.75. The Labute approximate surface area is 164 Å². The van der Waals surface area contributed by atoms with Gasteiger partial charge in [-0.25, -0.2) is 13.2 Å². The van der Waals surface area contributed by atoms with Gasteiger partial charge in [-0.05, 0) is 30.5 Å². The van der Waals surface area contributed by atoms with Crippen LogP contribution in [0.15, 0.2) is 27.4 Å². The number of rotatable bonds is 4. The molecule has 0 amide bonds. The molecule has 1 N–H and O–H groups in total. The molecule has 1 unspecified atom stereocenters. The molecule has 0 radical (unpaired) electrons. The van der Waals surface area contributed by atoms with Crippen molar-refractivity contribution in [1.29, 1.82) is 0 Å². The van der Waals surface area contributed by atoms with Crippen LogP contribution in [0.4, 0.5) is 0 Å². The first-order chi connectivity index (χ1) is 13.4. The van der Waals surface area contributed by atoms with Crippen molar-refractivity contribution in [2.75, 3.05) is 37.7 Å². The molecule has 0 aliphatic carbocycles. The zero-order valence-electron chi connectivity index (χ0n) is 16.1. The van der Waals surface area contributed by atoms with Gasteiger partial charge in [0, 0.05) is 50.2 Å². The maximum absolute atomic E-state index is 11.9. The van der Waals surface area contributed by atoms with E-state index in [0.717, 1.165) is 50.0 Å². The maximum atomic E-state index is 11.9. The highest BCUT2D eigenvalue weighted by Gasteiger charge is 2.33. The van der Waals surface area contributed by atoms with Gasteiger partial charge in [-0.2, -0.15) is 0 Å². The Hall–Kier alpha value is -1.90. The Morgan fingerprint density at radius 1 is 1.21 bits per heavy atom. The summed E-state index contributed by atoms with van der Waals surface area (Å²) >= 11 is 0. The van der Waals surface area contributed by atoms with Crippen LogP contribution in [0, 0.1) is 0 Å². The topological polar surface area (TPSA) is 91.1 Å². The van der Waals surface area contributed by atoms with E-state index in [2.05, 4.69) is 9.80 Å². The van der Waals surface area contributed by atoms with E-state index in [4.69, 9.17) is 4.42 Å². The van der Waals surface area contributed by atoms with Gasteiger partial charge in [-0.1, -0.05) is 6.92 Å². The van der Waals surface area contributed by atoms with E-state index in [1.54, 1.807) is 12.1 Å². The molecule has 2 fully saturated rings. The molecule has 8 heteroatoms. The van der Waals surface area contributed by atoms with E-state index < -0.39 is 15.5 Å². The molecule has 0 bridgehead atoms.